The molecule has 2 unspecified atom stereocenters. The zero-order valence-corrected chi connectivity index (χ0v) is 13.3. The van der Waals surface area contributed by atoms with E-state index in [1.165, 1.54) is 19.3 Å². The fourth-order valence-electron chi connectivity index (χ4n) is 3.18. The first-order chi connectivity index (χ1) is 10.6. The lowest BCUT2D eigenvalue weighted by Crippen LogP contribution is -2.46. The van der Waals surface area contributed by atoms with E-state index in [0.29, 0.717) is 18.5 Å². The third-order valence-corrected chi connectivity index (χ3v) is 4.62. The van der Waals surface area contributed by atoms with Crippen molar-refractivity contribution in [3.05, 3.63) is 23.8 Å². The molecule has 2 aliphatic rings. The van der Waals surface area contributed by atoms with Crippen molar-refractivity contribution in [1.29, 1.82) is 0 Å². The Kier molecular flexibility index (Phi) is 4.41. The van der Waals surface area contributed by atoms with Gasteiger partial charge in [0.1, 0.15) is 0 Å². The molecular formula is C17H24N2O3. The summed E-state index contributed by atoms with van der Waals surface area (Å²) in [5, 5.41) is 3.17. The van der Waals surface area contributed by atoms with E-state index < -0.39 is 0 Å². The number of nitrogens with zero attached hydrogens (tertiary/aromatic N) is 1. The van der Waals surface area contributed by atoms with Gasteiger partial charge in [-0.15, -0.1) is 0 Å². The van der Waals surface area contributed by atoms with E-state index in [4.69, 9.17) is 9.47 Å². The van der Waals surface area contributed by atoms with Crippen LogP contribution in [-0.4, -0.2) is 30.8 Å². The fraction of sp³-hybridized carbons (Fsp3) is 0.588. The summed E-state index contributed by atoms with van der Waals surface area (Å²) in [6.45, 7) is 3.06. The van der Waals surface area contributed by atoms with Crippen LogP contribution in [0.5, 0.6) is 11.5 Å². The van der Waals surface area contributed by atoms with Crippen LogP contribution in [0.2, 0.25) is 0 Å². The molecule has 0 saturated heterocycles. The molecule has 1 aliphatic carbocycles. The Morgan fingerprint density at radius 3 is 2.86 bits per heavy atom. The molecule has 1 heterocycles. The second-order valence-corrected chi connectivity index (χ2v) is 6.36. The van der Waals surface area contributed by atoms with Gasteiger partial charge >= 0.3 is 6.03 Å². The summed E-state index contributed by atoms with van der Waals surface area (Å²) in [6.07, 6.45) is 4.78. The first-order valence-corrected chi connectivity index (χ1v) is 8.03. The number of ether oxygens (including phenoxy) is 2. The summed E-state index contributed by atoms with van der Waals surface area (Å²) < 4.78 is 10.7. The Labute approximate surface area is 131 Å². The van der Waals surface area contributed by atoms with Crippen LogP contribution in [0.25, 0.3) is 0 Å². The van der Waals surface area contributed by atoms with Crippen LogP contribution in [0, 0.1) is 5.92 Å². The van der Waals surface area contributed by atoms with Crippen molar-refractivity contribution < 1.29 is 14.3 Å². The lowest BCUT2D eigenvalue weighted by molar-refractivity contribution is 0.173. The molecule has 0 bridgehead atoms. The Bertz CT molecular complexity index is 547. The summed E-state index contributed by atoms with van der Waals surface area (Å²) in [6, 6.07) is 6.11. The largest absolute Gasteiger partial charge is 0.454 e. The van der Waals surface area contributed by atoms with Crippen molar-refractivity contribution in [1.82, 2.24) is 10.2 Å². The highest BCUT2D eigenvalue weighted by atomic mass is 16.7. The van der Waals surface area contributed by atoms with Crippen LogP contribution in [-0.2, 0) is 6.54 Å². The predicted octanol–water partition coefficient (Wildman–Crippen LogP) is 3.14. The number of rotatable bonds is 3. The van der Waals surface area contributed by atoms with Gasteiger partial charge in [0, 0.05) is 19.6 Å². The van der Waals surface area contributed by atoms with Gasteiger partial charge in [0.15, 0.2) is 11.5 Å². The number of hydrogen-bond acceptors (Lipinski definition) is 3. The van der Waals surface area contributed by atoms with Crippen LogP contribution in [0.3, 0.4) is 0 Å². The maximum Gasteiger partial charge on any atom is 0.317 e. The van der Waals surface area contributed by atoms with Gasteiger partial charge in [0.05, 0.1) is 0 Å². The monoisotopic (exact) mass is 304 g/mol. The maximum atomic E-state index is 12.4. The highest BCUT2D eigenvalue weighted by molar-refractivity contribution is 5.74. The van der Waals surface area contributed by atoms with Gasteiger partial charge in [-0.3, -0.25) is 0 Å². The normalized spacial score (nSPS) is 23.2. The molecule has 1 aliphatic heterocycles. The zero-order chi connectivity index (χ0) is 15.5. The second kappa shape index (κ2) is 6.46. The van der Waals surface area contributed by atoms with Gasteiger partial charge in [-0.25, -0.2) is 4.79 Å². The molecule has 1 N–H and O–H groups in total. The zero-order valence-electron chi connectivity index (χ0n) is 13.3. The minimum absolute atomic E-state index is 0.00332. The smallest absolute Gasteiger partial charge is 0.317 e. The average molecular weight is 304 g/mol. The van der Waals surface area contributed by atoms with Crippen molar-refractivity contribution in [3.63, 3.8) is 0 Å². The highest BCUT2D eigenvalue weighted by Gasteiger charge is 2.24. The number of hydrogen-bond donors (Lipinski definition) is 1. The van der Waals surface area contributed by atoms with Crippen LogP contribution in [0.4, 0.5) is 4.79 Å². The Morgan fingerprint density at radius 2 is 2.05 bits per heavy atom. The number of carbonyl (C=O) groups is 1. The average Bonchev–Trinajstić information content (AvgIpc) is 2.97. The molecule has 1 fully saturated rings. The van der Waals surface area contributed by atoms with Crippen LogP contribution < -0.4 is 14.8 Å². The first-order valence-electron chi connectivity index (χ1n) is 8.03. The first kappa shape index (κ1) is 15.0. The molecule has 2 amide bonds. The van der Waals surface area contributed by atoms with E-state index in [2.05, 4.69) is 12.2 Å². The van der Waals surface area contributed by atoms with Crippen molar-refractivity contribution in [2.45, 2.75) is 45.2 Å². The molecule has 5 heteroatoms. The molecule has 0 spiro atoms. The molecule has 3 rings (SSSR count). The molecule has 1 aromatic carbocycles. The minimum atomic E-state index is -0.00332. The maximum absolute atomic E-state index is 12.4. The summed E-state index contributed by atoms with van der Waals surface area (Å²) in [5.41, 5.74) is 1.04. The number of carbonyl (C=O) groups excluding carboxylic acids is 1. The summed E-state index contributed by atoms with van der Waals surface area (Å²) in [5.74, 6) is 2.09. The van der Waals surface area contributed by atoms with Gasteiger partial charge in [-0.05, 0) is 36.5 Å². The second-order valence-electron chi connectivity index (χ2n) is 6.36. The van der Waals surface area contributed by atoms with Crippen molar-refractivity contribution in [2.24, 2.45) is 5.92 Å². The highest BCUT2D eigenvalue weighted by Crippen LogP contribution is 2.32. The number of amides is 2. The van der Waals surface area contributed by atoms with Gasteiger partial charge in [-0.1, -0.05) is 25.8 Å². The van der Waals surface area contributed by atoms with E-state index in [1.807, 2.05) is 25.2 Å². The van der Waals surface area contributed by atoms with Crippen LogP contribution in [0.15, 0.2) is 18.2 Å². The summed E-state index contributed by atoms with van der Waals surface area (Å²) in [7, 11) is 1.83. The van der Waals surface area contributed by atoms with Gasteiger partial charge in [0.25, 0.3) is 0 Å². The van der Waals surface area contributed by atoms with E-state index in [0.717, 1.165) is 23.5 Å². The lowest BCUT2D eigenvalue weighted by Gasteiger charge is -2.31. The predicted molar refractivity (Wildman–Crippen MR) is 84.0 cm³/mol. The topological polar surface area (TPSA) is 50.8 Å². The van der Waals surface area contributed by atoms with Crippen molar-refractivity contribution >= 4 is 6.03 Å². The molecule has 0 radical (unpaired) electrons. The number of benzene rings is 1. The number of urea groups is 1. The lowest BCUT2D eigenvalue weighted by atomic mass is 9.86. The molecule has 5 nitrogen and oxygen atoms in total. The summed E-state index contributed by atoms with van der Waals surface area (Å²) in [4.78, 5) is 14.1. The Balaban J connectivity index is 1.56. The summed E-state index contributed by atoms with van der Waals surface area (Å²) >= 11 is 0. The molecule has 1 aromatic rings. The molecule has 2 atom stereocenters. The van der Waals surface area contributed by atoms with Gasteiger partial charge in [-0.2, -0.15) is 0 Å². The SMILES string of the molecule is CC1CCCCC1NC(=O)N(C)Cc1ccc2c(c1)OCO2. The molecular weight excluding hydrogens is 280 g/mol. The van der Waals surface area contributed by atoms with E-state index >= 15 is 0 Å². The third-order valence-electron chi connectivity index (χ3n) is 4.62. The number of nitrogens with one attached hydrogen (secondary N) is 1. The standard InChI is InChI=1S/C17H24N2O3/c1-12-5-3-4-6-14(12)18-17(20)19(2)10-13-7-8-15-16(9-13)22-11-21-15/h7-9,12,14H,3-6,10-11H2,1-2H3,(H,18,20). The van der Waals surface area contributed by atoms with Gasteiger partial charge in [0.2, 0.25) is 6.79 Å². The minimum Gasteiger partial charge on any atom is -0.454 e. The van der Waals surface area contributed by atoms with Crippen LogP contribution in [0.1, 0.15) is 38.2 Å². The van der Waals surface area contributed by atoms with E-state index in [-0.39, 0.29) is 12.8 Å². The fourth-order valence-corrected chi connectivity index (χ4v) is 3.18. The van der Waals surface area contributed by atoms with E-state index in [1.54, 1.807) is 4.90 Å². The quantitative estimate of drug-likeness (QED) is 0.933. The van der Waals surface area contributed by atoms with Gasteiger partial charge < -0.3 is 19.7 Å². The Morgan fingerprint density at radius 1 is 1.27 bits per heavy atom. The van der Waals surface area contributed by atoms with E-state index in [9.17, 15) is 4.79 Å². The molecule has 0 aromatic heterocycles. The molecule has 1 saturated carbocycles. The third kappa shape index (κ3) is 3.29. The van der Waals surface area contributed by atoms with Crippen molar-refractivity contribution in [2.75, 3.05) is 13.8 Å². The number of fused-ring (bicyclic) bond motifs is 1. The molecule has 120 valence electrons. The van der Waals surface area contributed by atoms with Crippen molar-refractivity contribution in [3.8, 4) is 11.5 Å². The molecule has 22 heavy (non-hydrogen) atoms. The van der Waals surface area contributed by atoms with Crippen LogP contribution >= 0.6 is 0 Å². The Hall–Kier alpha value is -1.91.